The zero-order valence-corrected chi connectivity index (χ0v) is 10.6. The summed E-state index contributed by atoms with van der Waals surface area (Å²) in [5.74, 6) is 0.0256. The normalized spacial score (nSPS) is 17.7. The van der Waals surface area contributed by atoms with Gasteiger partial charge in [-0.25, -0.2) is 0 Å². The quantitative estimate of drug-likeness (QED) is 0.908. The lowest BCUT2D eigenvalue weighted by Crippen LogP contribution is -2.38. The van der Waals surface area contributed by atoms with Crippen molar-refractivity contribution in [2.75, 3.05) is 13.2 Å². The number of amides is 1. The first-order chi connectivity index (χ1) is 7.25. The Labute approximate surface area is 101 Å². The first-order valence-corrected chi connectivity index (χ1v) is 6.55. The molecule has 1 amide bonds. The number of thiophene rings is 1. The molecule has 2 rings (SSSR count). The highest BCUT2D eigenvalue weighted by molar-refractivity contribution is 9.10. The third-order valence-electron chi connectivity index (χ3n) is 2.35. The third kappa shape index (κ3) is 3.03. The lowest BCUT2D eigenvalue weighted by Gasteiger charge is -2.22. The van der Waals surface area contributed by atoms with Crippen LogP contribution in [0.1, 0.15) is 22.5 Å². The molecule has 1 aliphatic heterocycles. The van der Waals surface area contributed by atoms with Gasteiger partial charge in [-0.2, -0.15) is 0 Å². The van der Waals surface area contributed by atoms with Crippen LogP contribution in [0, 0.1) is 0 Å². The van der Waals surface area contributed by atoms with Crippen LogP contribution in [0.5, 0.6) is 0 Å². The molecule has 2 heterocycles. The summed E-state index contributed by atoms with van der Waals surface area (Å²) in [5, 5.41) is 4.93. The van der Waals surface area contributed by atoms with Crippen LogP contribution in [-0.4, -0.2) is 25.2 Å². The molecule has 1 N–H and O–H groups in total. The van der Waals surface area contributed by atoms with Crippen molar-refractivity contribution in [3.8, 4) is 0 Å². The molecule has 1 aliphatic rings. The summed E-state index contributed by atoms with van der Waals surface area (Å²) in [6.45, 7) is 1.50. The molecule has 3 nitrogen and oxygen atoms in total. The van der Waals surface area contributed by atoms with Crippen molar-refractivity contribution in [2.24, 2.45) is 0 Å². The number of hydrogen-bond donors (Lipinski definition) is 1. The molecule has 1 fully saturated rings. The molecule has 0 spiro atoms. The molecule has 0 saturated carbocycles. The molecule has 1 aromatic rings. The third-order valence-corrected chi connectivity index (χ3v) is 4.04. The van der Waals surface area contributed by atoms with E-state index in [1.54, 1.807) is 0 Å². The number of hydrogen-bond acceptors (Lipinski definition) is 3. The maximum Gasteiger partial charge on any atom is 0.261 e. The zero-order valence-electron chi connectivity index (χ0n) is 8.16. The predicted octanol–water partition coefficient (Wildman–Crippen LogP) is 2.42. The van der Waals surface area contributed by atoms with Crippen molar-refractivity contribution in [2.45, 2.75) is 18.9 Å². The Balaban J connectivity index is 1.91. The van der Waals surface area contributed by atoms with Gasteiger partial charge < -0.3 is 10.1 Å². The van der Waals surface area contributed by atoms with Crippen molar-refractivity contribution in [3.05, 3.63) is 20.8 Å². The minimum atomic E-state index is 0.0256. The van der Waals surface area contributed by atoms with Gasteiger partial charge in [0.05, 0.1) is 4.88 Å². The van der Waals surface area contributed by atoms with Gasteiger partial charge in [-0.05, 0) is 34.8 Å². The largest absolute Gasteiger partial charge is 0.381 e. The van der Waals surface area contributed by atoms with Crippen LogP contribution in [-0.2, 0) is 4.74 Å². The van der Waals surface area contributed by atoms with Crippen LogP contribution in [0.3, 0.4) is 0 Å². The lowest BCUT2D eigenvalue weighted by molar-refractivity contribution is 0.0698. The molecule has 0 atom stereocenters. The maximum atomic E-state index is 11.8. The van der Waals surface area contributed by atoms with Crippen molar-refractivity contribution >= 4 is 33.2 Å². The average Bonchev–Trinajstić information content (AvgIpc) is 2.66. The summed E-state index contributed by atoms with van der Waals surface area (Å²) >= 11 is 4.79. The van der Waals surface area contributed by atoms with E-state index in [-0.39, 0.29) is 11.9 Å². The minimum Gasteiger partial charge on any atom is -0.381 e. The second kappa shape index (κ2) is 5.09. The molecule has 0 radical (unpaired) electrons. The summed E-state index contributed by atoms with van der Waals surface area (Å²) in [4.78, 5) is 12.5. The van der Waals surface area contributed by atoms with Gasteiger partial charge in [0, 0.05) is 29.1 Å². The van der Waals surface area contributed by atoms with Crippen LogP contribution in [0.25, 0.3) is 0 Å². The number of carbonyl (C=O) groups excluding carboxylic acids is 1. The van der Waals surface area contributed by atoms with E-state index in [4.69, 9.17) is 4.74 Å². The Kier molecular flexibility index (Phi) is 3.77. The fraction of sp³-hybridized carbons (Fsp3) is 0.500. The number of nitrogens with one attached hydrogen (secondary N) is 1. The molecule has 82 valence electrons. The summed E-state index contributed by atoms with van der Waals surface area (Å²) in [5.41, 5.74) is 0. The Morgan fingerprint density at radius 2 is 2.27 bits per heavy atom. The van der Waals surface area contributed by atoms with Gasteiger partial charge in [-0.1, -0.05) is 0 Å². The van der Waals surface area contributed by atoms with E-state index in [2.05, 4.69) is 21.2 Å². The maximum absolute atomic E-state index is 11.8. The number of halogens is 1. The van der Waals surface area contributed by atoms with Crippen LogP contribution < -0.4 is 5.32 Å². The predicted molar refractivity (Wildman–Crippen MR) is 63.3 cm³/mol. The summed E-state index contributed by atoms with van der Waals surface area (Å²) in [7, 11) is 0. The van der Waals surface area contributed by atoms with Crippen molar-refractivity contribution < 1.29 is 9.53 Å². The SMILES string of the molecule is O=C(NC1CCOCC1)c1cc(Br)cs1. The van der Waals surface area contributed by atoms with Crippen molar-refractivity contribution in [3.63, 3.8) is 0 Å². The van der Waals surface area contributed by atoms with Crippen LogP contribution in [0.2, 0.25) is 0 Å². The van der Waals surface area contributed by atoms with E-state index in [1.165, 1.54) is 11.3 Å². The molecule has 0 bridgehead atoms. The van der Waals surface area contributed by atoms with Crippen LogP contribution in [0.4, 0.5) is 0 Å². The molecule has 0 aromatic carbocycles. The molecule has 5 heteroatoms. The molecule has 0 unspecified atom stereocenters. The minimum absolute atomic E-state index is 0.0256. The average molecular weight is 290 g/mol. The van der Waals surface area contributed by atoms with Gasteiger partial charge in [0.2, 0.25) is 0 Å². The second-order valence-electron chi connectivity index (χ2n) is 3.49. The first-order valence-electron chi connectivity index (χ1n) is 4.88. The van der Waals surface area contributed by atoms with E-state index in [1.807, 2.05) is 11.4 Å². The van der Waals surface area contributed by atoms with Gasteiger partial charge in [0.1, 0.15) is 0 Å². The Bertz CT molecular complexity index is 347. The van der Waals surface area contributed by atoms with Gasteiger partial charge in [-0.3, -0.25) is 4.79 Å². The Hall–Kier alpha value is -0.390. The van der Waals surface area contributed by atoms with E-state index in [0.29, 0.717) is 0 Å². The standard InChI is InChI=1S/C10H12BrNO2S/c11-7-5-9(15-6-7)10(13)12-8-1-3-14-4-2-8/h5-6,8H,1-4H2,(H,12,13). The molecular formula is C10H12BrNO2S. The highest BCUT2D eigenvalue weighted by Crippen LogP contribution is 2.20. The fourth-order valence-electron chi connectivity index (χ4n) is 1.53. The molecule has 1 aromatic heterocycles. The number of ether oxygens (including phenoxy) is 1. The second-order valence-corrected chi connectivity index (χ2v) is 5.32. The van der Waals surface area contributed by atoms with Gasteiger partial charge in [0.15, 0.2) is 0 Å². The fourth-order valence-corrected chi connectivity index (χ4v) is 2.86. The smallest absolute Gasteiger partial charge is 0.261 e. The van der Waals surface area contributed by atoms with Crippen LogP contribution >= 0.6 is 27.3 Å². The Morgan fingerprint density at radius 3 is 2.87 bits per heavy atom. The molecule has 1 saturated heterocycles. The highest BCUT2D eigenvalue weighted by atomic mass is 79.9. The zero-order chi connectivity index (χ0) is 10.7. The van der Waals surface area contributed by atoms with Gasteiger partial charge >= 0.3 is 0 Å². The summed E-state index contributed by atoms with van der Waals surface area (Å²) < 4.78 is 6.20. The highest BCUT2D eigenvalue weighted by Gasteiger charge is 2.17. The summed E-state index contributed by atoms with van der Waals surface area (Å²) in [6, 6.07) is 2.12. The van der Waals surface area contributed by atoms with E-state index in [0.717, 1.165) is 35.4 Å². The lowest BCUT2D eigenvalue weighted by atomic mass is 10.1. The summed E-state index contributed by atoms with van der Waals surface area (Å²) in [6.07, 6.45) is 1.83. The molecular weight excluding hydrogens is 278 g/mol. The van der Waals surface area contributed by atoms with E-state index in [9.17, 15) is 4.79 Å². The van der Waals surface area contributed by atoms with Crippen molar-refractivity contribution in [1.29, 1.82) is 0 Å². The molecule has 15 heavy (non-hydrogen) atoms. The van der Waals surface area contributed by atoms with Gasteiger partial charge in [-0.15, -0.1) is 11.3 Å². The van der Waals surface area contributed by atoms with E-state index >= 15 is 0 Å². The van der Waals surface area contributed by atoms with Crippen LogP contribution in [0.15, 0.2) is 15.9 Å². The van der Waals surface area contributed by atoms with Crippen molar-refractivity contribution in [1.82, 2.24) is 5.32 Å². The number of rotatable bonds is 2. The monoisotopic (exact) mass is 289 g/mol. The van der Waals surface area contributed by atoms with E-state index < -0.39 is 0 Å². The Morgan fingerprint density at radius 1 is 1.53 bits per heavy atom. The number of carbonyl (C=O) groups is 1. The topological polar surface area (TPSA) is 38.3 Å². The van der Waals surface area contributed by atoms with Gasteiger partial charge in [0.25, 0.3) is 5.91 Å². The molecule has 0 aliphatic carbocycles. The first kappa shape index (κ1) is 11.1.